The third-order valence-electron chi connectivity index (χ3n) is 4.60. The Bertz CT molecular complexity index is 964. The van der Waals surface area contributed by atoms with Crippen molar-refractivity contribution in [2.75, 3.05) is 36.4 Å². The minimum absolute atomic E-state index is 0.185. The Kier molecular flexibility index (Phi) is 4.88. The lowest BCUT2D eigenvalue weighted by Crippen LogP contribution is -2.50. The molecule has 28 heavy (non-hydrogen) atoms. The van der Waals surface area contributed by atoms with Gasteiger partial charge in [-0.3, -0.25) is 0 Å². The van der Waals surface area contributed by atoms with E-state index in [1.54, 1.807) is 27.8 Å². The van der Waals surface area contributed by atoms with Gasteiger partial charge >= 0.3 is 6.03 Å². The molecule has 1 fully saturated rings. The van der Waals surface area contributed by atoms with E-state index < -0.39 is 5.82 Å². The van der Waals surface area contributed by atoms with Crippen molar-refractivity contribution in [1.82, 2.24) is 24.9 Å². The van der Waals surface area contributed by atoms with E-state index in [0.29, 0.717) is 32.0 Å². The number of carbonyl (C=O) groups excluding carboxylic acids is 1. The number of amides is 2. The maximum Gasteiger partial charge on any atom is 0.322 e. The molecule has 1 aliphatic heterocycles. The maximum atomic E-state index is 13.7. The molecule has 9 heteroatoms. The predicted octanol–water partition coefficient (Wildman–Crippen LogP) is 2.46. The van der Waals surface area contributed by atoms with Gasteiger partial charge in [-0.05, 0) is 37.3 Å². The second kappa shape index (κ2) is 7.63. The summed E-state index contributed by atoms with van der Waals surface area (Å²) in [6.07, 6.45) is 1.84. The van der Waals surface area contributed by atoms with E-state index in [4.69, 9.17) is 0 Å². The highest BCUT2D eigenvalue weighted by Gasteiger charge is 2.22. The van der Waals surface area contributed by atoms with Gasteiger partial charge in [0.25, 0.3) is 0 Å². The largest absolute Gasteiger partial charge is 0.352 e. The number of para-hydroxylation sites is 1. The van der Waals surface area contributed by atoms with E-state index >= 15 is 0 Å². The topological polar surface area (TPSA) is 79.2 Å². The smallest absolute Gasteiger partial charge is 0.322 e. The van der Waals surface area contributed by atoms with Crippen LogP contribution in [-0.2, 0) is 0 Å². The van der Waals surface area contributed by atoms with Crippen LogP contribution in [-0.4, -0.2) is 57.1 Å². The second-order valence-electron chi connectivity index (χ2n) is 6.54. The van der Waals surface area contributed by atoms with Gasteiger partial charge in [0.05, 0.1) is 11.4 Å². The Labute approximate surface area is 161 Å². The molecular weight excluding hydrogens is 361 g/mol. The molecular formula is C19H20FN7O. The predicted molar refractivity (Wildman–Crippen MR) is 103 cm³/mol. The van der Waals surface area contributed by atoms with Gasteiger partial charge in [0.1, 0.15) is 5.82 Å². The molecule has 3 heterocycles. The van der Waals surface area contributed by atoms with Gasteiger partial charge in [-0.15, -0.1) is 10.2 Å². The molecule has 1 aromatic carbocycles. The van der Waals surface area contributed by atoms with Gasteiger partial charge in [-0.25, -0.2) is 13.9 Å². The number of carbonyl (C=O) groups is 1. The number of hydrogen-bond donors (Lipinski definition) is 1. The van der Waals surface area contributed by atoms with E-state index in [2.05, 4.69) is 25.5 Å². The zero-order valence-electron chi connectivity index (χ0n) is 15.4. The maximum absolute atomic E-state index is 13.7. The lowest BCUT2D eigenvalue weighted by Gasteiger charge is -2.35. The average molecular weight is 381 g/mol. The van der Waals surface area contributed by atoms with Gasteiger partial charge in [-0.2, -0.15) is 5.10 Å². The van der Waals surface area contributed by atoms with E-state index in [1.807, 2.05) is 31.3 Å². The fourth-order valence-electron chi connectivity index (χ4n) is 3.05. The Balaban J connectivity index is 1.35. The van der Waals surface area contributed by atoms with Crippen LogP contribution in [0, 0.1) is 12.7 Å². The number of nitrogens with one attached hydrogen (secondary N) is 1. The number of aryl methyl sites for hydroxylation is 1. The average Bonchev–Trinajstić information content (AvgIpc) is 3.16. The first kappa shape index (κ1) is 17.9. The van der Waals surface area contributed by atoms with Crippen molar-refractivity contribution in [3.8, 4) is 5.82 Å². The van der Waals surface area contributed by atoms with Crippen LogP contribution in [0.25, 0.3) is 5.82 Å². The van der Waals surface area contributed by atoms with Crippen LogP contribution in [0.2, 0.25) is 0 Å². The summed E-state index contributed by atoms with van der Waals surface area (Å²) in [6, 6.07) is 11.5. The second-order valence-corrected chi connectivity index (χ2v) is 6.54. The summed E-state index contributed by atoms with van der Waals surface area (Å²) in [5, 5.41) is 15.4. The first-order valence-corrected chi connectivity index (χ1v) is 9.02. The molecule has 0 bridgehead atoms. The molecule has 1 saturated heterocycles. The van der Waals surface area contributed by atoms with Crippen molar-refractivity contribution in [3.05, 3.63) is 60.2 Å². The minimum Gasteiger partial charge on any atom is -0.352 e. The highest BCUT2D eigenvalue weighted by Crippen LogP contribution is 2.16. The Morgan fingerprint density at radius 2 is 1.71 bits per heavy atom. The highest BCUT2D eigenvalue weighted by atomic mass is 19.1. The summed E-state index contributed by atoms with van der Waals surface area (Å²) in [6.45, 7) is 4.20. The highest BCUT2D eigenvalue weighted by molar-refractivity contribution is 5.89. The van der Waals surface area contributed by atoms with Crippen LogP contribution in [0.5, 0.6) is 0 Å². The lowest BCUT2D eigenvalue weighted by atomic mass is 10.3. The summed E-state index contributed by atoms with van der Waals surface area (Å²) in [7, 11) is 0. The van der Waals surface area contributed by atoms with E-state index in [-0.39, 0.29) is 11.7 Å². The number of hydrogen-bond acceptors (Lipinski definition) is 5. The molecule has 4 rings (SSSR count). The van der Waals surface area contributed by atoms with Crippen LogP contribution >= 0.6 is 0 Å². The number of aromatic nitrogens is 4. The van der Waals surface area contributed by atoms with Gasteiger partial charge in [0.15, 0.2) is 11.6 Å². The molecule has 8 nitrogen and oxygen atoms in total. The van der Waals surface area contributed by atoms with Gasteiger partial charge < -0.3 is 15.1 Å². The summed E-state index contributed by atoms with van der Waals surface area (Å²) in [4.78, 5) is 16.1. The lowest BCUT2D eigenvalue weighted by molar-refractivity contribution is 0.208. The summed E-state index contributed by atoms with van der Waals surface area (Å²) >= 11 is 0. The molecule has 3 aromatic rings. The number of rotatable bonds is 3. The minimum atomic E-state index is -0.447. The number of urea groups is 1. The van der Waals surface area contributed by atoms with Crippen molar-refractivity contribution in [2.24, 2.45) is 0 Å². The number of halogens is 1. The van der Waals surface area contributed by atoms with Crippen molar-refractivity contribution in [1.29, 1.82) is 0 Å². The summed E-state index contributed by atoms with van der Waals surface area (Å²) < 4.78 is 15.4. The van der Waals surface area contributed by atoms with Crippen molar-refractivity contribution >= 4 is 17.5 Å². The number of nitrogens with zero attached hydrogens (tertiary/aromatic N) is 6. The quantitative estimate of drug-likeness (QED) is 0.754. The molecule has 144 valence electrons. The monoisotopic (exact) mass is 381 g/mol. The molecule has 0 spiro atoms. The van der Waals surface area contributed by atoms with E-state index in [9.17, 15) is 9.18 Å². The fraction of sp³-hybridized carbons (Fsp3) is 0.263. The Morgan fingerprint density at radius 3 is 2.36 bits per heavy atom. The third-order valence-corrected chi connectivity index (χ3v) is 4.60. The summed E-state index contributed by atoms with van der Waals surface area (Å²) in [5.74, 6) is 0.957. The van der Waals surface area contributed by atoms with E-state index in [1.165, 1.54) is 6.07 Å². The number of piperazine rings is 1. The molecule has 1 aliphatic rings. The third kappa shape index (κ3) is 3.78. The zero-order chi connectivity index (χ0) is 19.5. The van der Waals surface area contributed by atoms with E-state index in [0.717, 1.165) is 11.5 Å². The van der Waals surface area contributed by atoms with Crippen molar-refractivity contribution in [3.63, 3.8) is 0 Å². The van der Waals surface area contributed by atoms with Crippen molar-refractivity contribution < 1.29 is 9.18 Å². The Morgan fingerprint density at radius 1 is 1.00 bits per heavy atom. The Hall–Kier alpha value is -3.49. The van der Waals surface area contributed by atoms with Crippen molar-refractivity contribution in [2.45, 2.75) is 6.92 Å². The normalized spacial score (nSPS) is 14.2. The fourth-order valence-corrected chi connectivity index (χ4v) is 3.05. The summed E-state index contributed by atoms with van der Waals surface area (Å²) in [5.41, 5.74) is 1.10. The SMILES string of the molecule is Cc1ccn(-c2ccc(N3CCN(C(=O)Nc4ccccc4F)CC3)nn2)n1. The molecule has 0 aliphatic carbocycles. The van der Waals surface area contributed by atoms with Crippen LogP contribution < -0.4 is 10.2 Å². The van der Waals surface area contributed by atoms with Crippen LogP contribution in [0.3, 0.4) is 0 Å². The number of benzene rings is 1. The van der Waals surface area contributed by atoms with Crippen LogP contribution in [0.1, 0.15) is 5.69 Å². The van der Waals surface area contributed by atoms with Crippen LogP contribution in [0.15, 0.2) is 48.7 Å². The zero-order valence-corrected chi connectivity index (χ0v) is 15.4. The first-order chi connectivity index (χ1) is 13.6. The van der Waals surface area contributed by atoms with Gasteiger partial charge in [0.2, 0.25) is 0 Å². The molecule has 0 atom stereocenters. The first-order valence-electron chi connectivity index (χ1n) is 9.02. The molecule has 0 radical (unpaired) electrons. The standard InChI is InChI=1S/C19H20FN7O/c1-14-8-9-27(24-14)18-7-6-17(22-23-18)25-10-12-26(13-11-25)19(28)21-16-5-3-2-4-15(16)20/h2-9H,10-13H2,1H3,(H,21,28). The molecule has 0 unspecified atom stereocenters. The van der Waals surface area contributed by atoms with Crippen LogP contribution in [0.4, 0.5) is 20.7 Å². The van der Waals surface area contributed by atoms with Gasteiger partial charge in [0, 0.05) is 32.4 Å². The van der Waals surface area contributed by atoms with Gasteiger partial charge in [-0.1, -0.05) is 12.1 Å². The molecule has 2 aromatic heterocycles. The molecule has 1 N–H and O–H groups in total. The number of anilines is 2. The molecule has 2 amide bonds. The molecule has 0 saturated carbocycles.